The monoisotopic (exact) mass is 497 g/mol. The Labute approximate surface area is 211 Å². The first-order valence-corrected chi connectivity index (χ1v) is 13.5. The molecule has 0 N–H and O–H groups in total. The van der Waals surface area contributed by atoms with Crippen LogP contribution in [0.5, 0.6) is 0 Å². The fourth-order valence-corrected chi connectivity index (χ4v) is 6.06. The van der Waals surface area contributed by atoms with Crippen LogP contribution in [-0.4, -0.2) is 49.5 Å². The second-order valence-corrected chi connectivity index (χ2v) is 11.1. The van der Waals surface area contributed by atoms with Gasteiger partial charge in [0, 0.05) is 32.7 Å². The van der Waals surface area contributed by atoms with Crippen LogP contribution in [0.3, 0.4) is 0 Å². The van der Waals surface area contributed by atoms with Crippen molar-refractivity contribution >= 4 is 26.7 Å². The largest absolute Gasteiger partial charge is 0.352 e. The standard InChI is InChI=1S/C28H27N5O2S/c1-21-8-7-11-23(18-21)36(34,35)26(19-29)27-28(31-25-13-6-5-12-24(25)30-27)33-16-14-32(15-17-33)20-22-9-3-2-4-10-22/h2-13,18,26H,14-17,20H2,1H3. The number of benzene rings is 3. The zero-order chi connectivity index (χ0) is 25.1. The van der Waals surface area contributed by atoms with Crippen LogP contribution < -0.4 is 4.90 Å². The molecule has 1 fully saturated rings. The lowest BCUT2D eigenvalue weighted by Crippen LogP contribution is -2.46. The minimum atomic E-state index is -4.01. The van der Waals surface area contributed by atoms with E-state index in [-0.39, 0.29) is 10.6 Å². The van der Waals surface area contributed by atoms with Gasteiger partial charge in [0.25, 0.3) is 0 Å². The van der Waals surface area contributed by atoms with Gasteiger partial charge in [-0.2, -0.15) is 5.26 Å². The molecule has 1 saturated heterocycles. The Kier molecular flexibility index (Phi) is 6.68. The van der Waals surface area contributed by atoms with E-state index in [2.05, 4.69) is 21.9 Å². The van der Waals surface area contributed by atoms with E-state index < -0.39 is 15.1 Å². The normalized spacial score (nSPS) is 15.5. The van der Waals surface area contributed by atoms with Crippen LogP contribution in [0, 0.1) is 18.3 Å². The van der Waals surface area contributed by atoms with Crippen LogP contribution >= 0.6 is 0 Å². The van der Waals surface area contributed by atoms with Crippen molar-refractivity contribution in [1.29, 1.82) is 5.26 Å². The molecule has 8 heteroatoms. The lowest BCUT2D eigenvalue weighted by Gasteiger charge is -2.36. The van der Waals surface area contributed by atoms with E-state index in [1.807, 2.05) is 55.5 Å². The molecule has 3 aromatic carbocycles. The molecule has 5 rings (SSSR count). The molecular formula is C28H27N5O2S. The van der Waals surface area contributed by atoms with E-state index in [0.29, 0.717) is 29.9 Å². The minimum absolute atomic E-state index is 0.114. The van der Waals surface area contributed by atoms with Crippen LogP contribution in [0.4, 0.5) is 5.82 Å². The molecule has 0 radical (unpaired) electrons. The summed E-state index contributed by atoms with van der Waals surface area (Å²) in [6.45, 7) is 5.60. The third kappa shape index (κ3) is 4.81. The molecule has 182 valence electrons. The number of para-hydroxylation sites is 2. The van der Waals surface area contributed by atoms with Crippen molar-refractivity contribution in [2.45, 2.75) is 23.6 Å². The van der Waals surface area contributed by atoms with Gasteiger partial charge in [-0.3, -0.25) is 4.90 Å². The van der Waals surface area contributed by atoms with Gasteiger partial charge >= 0.3 is 0 Å². The zero-order valence-electron chi connectivity index (χ0n) is 20.1. The Bertz CT molecular complexity index is 1520. The highest BCUT2D eigenvalue weighted by Crippen LogP contribution is 2.34. The Morgan fingerprint density at radius 1 is 0.889 bits per heavy atom. The SMILES string of the molecule is Cc1cccc(S(=O)(=O)C(C#N)c2nc3ccccc3nc2N2CCN(Cc3ccccc3)CC2)c1. The highest BCUT2D eigenvalue weighted by atomic mass is 32.2. The van der Waals surface area contributed by atoms with Crippen LogP contribution in [0.2, 0.25) is 0 Å². The fraction of sp³-hybridized carbons (Fsp3) is 0.250. The van der Waals surface area contributed by atoms with Gasteiger partial charge in [-0.05, 0) is 42.3 Å². The molecule has 4 aromatic rings. The summed E-state index contributed by atoms with van der Waals surface area (Å²) in [5.41, 5.74) is 3.50. The van der Waals surface area contributed by atoms with Gasteiger partial charge in [-0.15, -0.1) is 0 Å². The first kappa shape index (κ1) is 23.9. The number of sulfone groups is 1. The average molecular weight is 498 g/mol. The molecule has 1 aromatic heterocycles. The maximum absolute atomic E-state index is 13.6. The van der Waals surface area contributed by atoms with Gasteiger partial charge in [0.15, 0.2) is 11.1 Å². The van der Waals surface area contributed by atoms with Gasteiger partial charge in [-0.25, -0.2) is 18.4 Å². The molecule has 1 aliphatic rings. The van der Waals surface area contributed by atoms with Crippen molar-refractivity contribution in [2.24, 2.45) is 0 Å². The Morgan fingerprint density at radius 3 is 2.22 bits per heavy atom. The molecule has 36 heavy (non-hydrogen) atoms. The maximum Gasteiger partial charge on any atom is 0.200 e. The number of aryl methyl sites for hydroxylation is 1. The van der Waals surface area contributed by atoms with Crippen molar-refractivity contribution in [3.8, 4) is 6.07 Å². The third-order valence-electron chi connectivity index (χ3n) is 6.49. The number of hydrogen-bond donors (Lipinski definition) is 0. The lowest BCUT2D eigenvalue weighted by molar-refractivity contribution is 0.249. The molecular weight excluding hydrogens is 470 g/mol. The summed E-state index contributed by atoms with van der Waals surface area (Å²) >= 11 is 0. The minimum Gasteiger partial charge on any atom is -0.352 e. The first-order chi connectivity index (χ1) is 17.5. The second kappa shape index (κ2) is 10.1. The number of piperazine rings is 1. The van der Waals surface area contributed by atoms with E-state index in [0.717, 1.165) is 25.2 Å². The molecule has 1 atom stereocenters. The van der Waals surface area contributed by atoms with Crippen molar-refractivity contribution < 1.29 is 8.42 Å². The summed E-state index contributed by atoms with van der Waals surface area (Å²) < 4.78 is 27.3. The highest BCUT2D eigenvalue weighted by Gasteiger charge is 2.35. The molecule has 0 bridgehead atoms. The number of hydrogen-bond acceptors (Lipinski definition) is 7. The number of anilines is 1. The molecule has 0 spiro atoms. The number of nitriles is 1. The smallest absolute Gasteiger partial charge is 0.200 e. The molecule has 7 nitrogen and oxygen atoms in total. The second-order valence-electron chi connectivity index (χ2n) is 9.04. The molecule has 0 amide bonds. The summed E-state index contributed by atoms with van der Waals surface area (Å²) in [4.78, 5) is 14.1. The van der Waals surface area contributed by atoms with Crippen molar-refractivity contribution in [2.75, 3.05) is 31.1 Å². The van der Waals surface area contributed by atoms with Crippen LogP contribution in [-0.2, 0) is 16.4 Å². The van der Waals surface area contributed by atoms with E-state index in [4.69, 9.17) is 9.97 Å². The van der Waals surface area contributed by atoms with Crippen molar-refractivity contribution in [3.05, 3.63) is 95.7 Å². The van der Waals surface area contributed by atoms with Gasteiger partial charge in [0.05, 0.1) is 22.0 Å². The number of aromatic nitrogens is 2. The molecule has 0 aliphatic carbocycles. The highest BCUT2D eigenvalue weighted by molar-refractivity contribution is 7.92. The zero-order valence-corrected chi connectivity index (χ0v) is 20.9. The molecule has 2 heterocycles. The van der Waals surface area contributed by atoms with E-state index in [1.165, 1.54) is 11.6 Å². The summed E-state index contributed by atoms with van der Waals surface area (Å²) in [5.74, 6) is 0.468. The molecule has 0 saturated carbocycles. The van der Waals surface area contributed by atoms with E-state index >= 15 is 0 Å². The first-order valence-electron chi connectivity index (χ1n) is 11.9. The quantitative estimate of drug-likeness (QED) is 0.392. The van der Waals surface area contributed by atoms with Crippen LogP contribution in [0.25, 0.3) is 11.0 Å². The topological polar surface area (TPSA) is 90.2 Å². The number of fused-ring (bicyclic) bond motifs is 1. The molecule has 1 unspecified atom stereocenters. The van der Waals surface area contributed by atoms with Gasteiger partial charge in [0.2, 0.25) is 9.84 Å². The van der Waals surface area contributed by atoms with E-state index in [9.17, 15) is 13.7 Å². The predicted molar refractivity (Wildman–Crippen MR) is 140 cm³/mol. The Hall–Kier alpha value is -3.80. The van der Waals surface area contributed by atoms with Gasteiger partial charge < -0.3 is 4.90 Å². The maximum atomic E-state index is 13.6. The van der Waals surface area contributed by atoms with Gasteiger partial charge in [0.1, 0.15) is 5.69 Å². The van der Waals surface area contributed by atoms with Crippen molar-refractivity contribution in [1.82, 2.24) is 14.9 Å². The third-order valence-corrected chi connectivity index (χ3v) is 8.35. The average Bonchev–Trinajstić information content (AvgIpc) is 2.90. The van der Waals surface area contributed by atoms with Crippen LogP contribution in [0.1, 0.15) is 22.1 Å². The van der Waals surface area contributed by atoms with Gasteiger partial charge in [-0.1, -0.05) is 54.6 Å². The summed E-state index contributed by atoms with van der Waals surface area (Å²) in [5, 5.41) is 8.66. The number of rotatable bonds is 6. The van der Waals surface area contributed by atoms with Crippen LogP contribution in [0.15, 0.2) is 83.8 Å². The summed E-state index contributed by atoms with van der Waals surface area (Å²) in [6, 6.07) is 26.4. The molecule has 1 aliphatic heterocycles. The summed E-state index contributed by atoms with van der Waals surface area (Å²) in [7, 11) is -4.01. The Balaban J connectivity index is 1.50. The summed E-state index contributed by atoms with van der Waals surface area (Å²) in [6.07, 6.45) is 0. The van der Waals surface area contributed by atoms with E-state index in [1.54, 1.807) is 18.2 Å². The fourth-order valence-electron chi connectivity index (χ4n) is 4.58. The lowest BCUT2D eigenvalue weighted by atomic mass is 10.2. The van der Waals surface area contributed by atoms with Crippen molar-refractivity contribution in [3.63, 3.8) is 0 Å². The Morgan fingerprint density at radius 2 is 1.56 bits per heavy atom. The predicted octanol–water partition coefficient (Wildman–Crippen LogP) is 4.30. The number of nitrogens with zero attached hydrogens (tertiary/aromatic N) is 5.